The molecule has 0 unspecified atom stereocenters. The summed E-state index contributed by atoms with van der Waals surface area (Å²) >= 11 is 1.20. The van der Waals surface area contributed by atoms with Crippen LogP contribution in [-0.2, 0) is 28.4 Å². The maximum absolute atomic E-state index is 13.9. The topological polar surface area (TPSA) is 78.5 Å². The highest BCUT2D eigenvalue weighted by Crippen LogP contribution is 2.44. The molecule has 0 radical (unpaired) electrons. The van der Waals surface area contributed by atoms with Crippen LogP contribution < -0.4 is 5.56 Å². The molecule has 158 valence electrons. The number of hydrogen-bond acceptors (Lipinski definition) is 6. The Balaban J connectivity index is 1.96. The first-order valence-electron chi connectivity index (χ1n) is 10.3. The molecule has 0 fully saturated rings. The number of carbonyl (C=O) groups is 1. The summed E-state index contributed by atoms with van der Waals surface area (Å²) in [6, 6.07) is 8.20. The van der Waals surface area contributed by atoms with Crippen LogP contribution in [0.5, 0.6) is 0 Å². The van der Waals surface area contributed by atoms with E-state index in [4.69, 9.17) is 9.72 Å². The van der Waals surface area contributed by atoms with E-state index in [1.807, 2.05) is 18.2 Å². The SMILES string of the molecule is CCOC(=O)CSc1nn(C)c2nc3c(c(=O)n12)C(CC)(CC)Cc1ccccc1-3. The van der Waals surface area contributed by atoms with Crippen LogP contribution in [0.15, 0.2) is 34.2 Å². The van der Waals surface area contributed by atoms with Gasteiger partial charge in [-0.05, 0) is 31.7 Å². The molecule has 1 aromatic carbocycles. The summed E-state index contributed by atoms with van der Waals surface area (Å²) in [5.41, 5.74) is 3.40. The molecule has 4 rings (SSSR count). The van der Waals surface area contributed by atoms with Crippen LogP contribution in [0.2, 0.25) is 0 Å². The lowest BCUT2D eigenvalue weighted by atomic mass is 9.66. The van der Waals surface area contributed by atoms with E-state index in [-0.39, 0.29) is 22.7 Å². The molecular weight excluding hydrogens is 400 g/mol. The number of nitrogens with zero attached hydrogens (tertiary/aromatic N) is 4. The van der Waals surface area contributed by atoms with E-state index in [9.17, 15) is 9.59 Å². The molecule has 2 heterocycles. The fraction of sp³-hybridized carbons (Fsp3) is 0.455. The molecule has 0 aliphatic heterocycles. The molecule has 30 heavy (non-hydrogen) atoms. The van der Waals surface area contributed by atoms with Gasteiger partial charge >= 0.3 is 5.97 Å². The van der Waals surface area contributed by atoms with Crippen molar-refractivity contribution in [3.8, 4) is 11.3 Å². The average Bonchev–Trinajstić information content (AvgIpc) is 3.07. The third kappa shape index (κ3) is 3.14. The van der Waals surface area contributed by atoms with Crippen LogP contribution in [0.1, 0.15) is 44.7 Å². The summed E-state index contributed by atoms with van der Waals surface area (Å²) in [7, 11) is 1.77. The molecule has 3 aromatic rings. The zero-order valence-corrected chi connectivity index (χ0v) is 18.6. The first-order valence-corrected chi connectivity index (χ1v) is 11.3. The van der Waals surface area contributed by atoms with E-state index in [0.29, 0.717) is 17.5 Å². The van der Waals surface area contributed by atoms with E-state index in [0.717, 1.165) is 36.1 Å². The van der Waals surface area contributed by atoms with Gasteiger partial charge in [0.25, 0.3) is 5.56 Å². The maximum atomic E-state index is 13.9. The van der Waals surface area contributed by atoms with Gasteiger partial charge in [0.2, 0.25) is 5.78 Å². The monoisotopic (exact) mass is 426 g/mol. The van der Waals surface area contributed by atoms with E-state index in [1.165, 1.54) is 17.3 Å². The van der Waals surface area contributed by atoms with Crippen molar-refractivity contribution in [2.24, 2.45) is 7.05 Å². The number of fused-ring (bicyclic) bond motifs is 4. The van der Waals surface area contributed by atoms with Gasteiger partial charge in [-0.3, -0.25) is 9.59 Å². The highest BCUT2D eigenvalue weighted by Gasteiger charge is 2.40. The second kappa shape index (κ2) is 7.91. The summed E-state index contributed by atoms with van der Waals surface area (Å²) in [6.07, 6.45) is 2.51. The Labute approximate surface area is 179 Å². The highest BCUT2D eigenvalue weighted by molar-refractivity contribution is 7.99. The van der Waals surface area contributed by atoms with Gasteiger partial charge in [0, 0.05) is 18.0 Å². The van der Waals surface area contributed by atoms with Crippen molar-refractivity contribution in [2.75, 3.05) is 12.4 Å². The Hall–Kier alpha value is -2.61. The standard InChI is InChI=1S/C22H26N4O3S/c1-5-22(6-2)12-14-10-8-9-11-15(14)18-17(22)19(28)26-20(23-18)25(4)24-21(26)30-13-16(27)29-7-3/h8-11H,5-7,12-13H2,1-4H3. The van der Waals surface area contributed by atoms with Crippen LogP contribution in [-0.4, -0.2) is 37.5 Å². The zero-order valence-electron chi connectivity index (χ0n) is 17.8. The van der Waals surface area contributed by atoms with Gasteiger partial charge in [0.05, 0.1) is 23.6 Å². The normalized spacial score (nSPS) is 14.4. The molecule has 0 amide bonds. The number of aryl methyl sites for hydroxylation is 1. The molecule has 0 saturated heterocycles. The second-order valence-corrected chi connectivity index (χ2v) is 8.54. The van der Waals surface area contributed by atoms with Gasteiger partial charge in [-0.15, -0.1) is 5.10 Å². The summed E-state index contributed by atoms with van der Waals surface area (Å²) in [4.78, 5) is 30.6. The van der Waals surface area contributed by atoms with Crippen LogP contribution in [0.4, 0.5) is 0 Å². The fourth-order valence-electron chi connectivity index (χ4n) is 4.42. The smallest absolute Gasteiger partial charge is 0.316 e. The third-order valence-electron chi connectivity index (χ3n) is 6.09. The predicted octanol–water partition coefficient (Wildman–Crippen LogP) is 3.36. The van der Waals surface area contributed by atoms with Crippen LogP contribution in [0.25, 0.3) is 17.0 Å². The first kappa shape index (κ1) is 20.7. The Kier molecular flexibility index (Phi) is 5.44. The lowest BCUT2D eigenvalue weighted by Crippen LogP contribution is -2.39. The maximum Gasteiger partial charge on any atom is 0.316 e. The molecule has 0 spiro atoms. The highest BCUT2D eigenvalue weighted by atomic mass is 32.2. The van der Waals surface area contributed by atoms with Crippen LogP contribution in [0, 0.1) is 0 Å². The molecule has 0 atom stereocenters. The fourth-order valence-corrected chi connectivity index (χ4v) is 5.23. The summed E-state index contributed by atoms with van der Waals surface area (Å²) < 4.78 is 8.17. The first-order chi connectivity index (χ1) is 14.5. The Bertz CT molecular complexity index is 1180. The molecule has 1 aliphatic rings. The number of hydrogen-bond donors (Lipinski definition) is 0. The van der Waals surface area contributed by atoms with Crippen molar-refractivity contribution in [1.29, 1.82) is 0 Å². The van der Waals surface area contributed by atoms with Crippen molar-refractivity contribution >= 4 is 23.5 Å². The summed E-state index contributed by atoms with van der Waals surface area (Å²) in [5.74, 6) is 0.243. The zero-order chi connectivity index (χ0) is 21.5. The summed E-state index contributed by atoms with van der Waals surface area (Å²) in [6.45, 7) is 6.36. The quantitative estimate of drug-likeness (QED) is 0.444. The molecule has 0 N–H and O–H groups in total. The number of ether oxygens (including phenoxy) is 1. The number of benzene rings is 1. The van der Waals surface area contributed by atoms with Gasteiger partial charge in [-0.25, -0.2) is 14.1 Å². The largest absolute Gasteiger partial charge is 0.465 e. The molecule has 2 aromatic heterocycles. The molecule has 0 saturated carbocycles. The van der Waals surface area contributed by atoms with Gasteiger partial charge in [0.1, 0.15) is 0 Å². The van der Waals surface area contributed by atoms with Crippen molar-refractivity contribution in [3.05, 3.63) is 45.7 Å². The minimum Gasteiger partial charge on any atom is -0.465 e. The van der Waals surface area contributed by atoms with Gasteiger partial charge < -0.3 is 4.74 Å². The Morgan fingerprint density at radius 1 is 1.23 bits per heavy atom. The van der Waals surface area contributed by atoms with Gasteiger partial charge in [-0.1, -0.05) is 49.9 Å². The Morgan fingerprint density at radius 2 is 1.97 bits per heavy atom. The minimum atomic E-state index is -0.328. The predicted molar refractivity (Wildman–Crippen MR) is 117 cm³/mol. The lowest BCUT2D eigenvalue weighted by Gasteiger charge is -2.37. The van der Waals surface area contributed by atoms with Crippen molar-refractivity contribution < 1.29 is 9.53 Å². The molecule has 1 aliphatic carbocycles. The number of carbonyl (C=O) groups excluding carboxylic acids is 1. The third-order valence-corrected chi connectivity index (χ3v) is 6.99. The van der Waals surface area contributed by atoms with Gasteiger partial charge in [-0.2, -0.15) is 0 Å². The van der Waals surface area contributed by atoms with Gasteiger partial charge in [0.15, 0.2) is 5.16 Å². The van der Waals surface area contributed by atoms with Crippen LogP contribution >= 0.6 is 11.8 Å². The van der Waals surface area contributed by atoms with Crippen molar-refractivity contribution in [1.82, 2.24) is 19.2 Å². The molecule has 0 bridgehead atoms. The number of aromatic nitrogens is 4. The number of thioether (sulfide) groups is 1. The van der Waals surface area contributed by atoms with E-state index in [2.05, 4.69) is 25.0 Å². The molecular formula is C22H26N4O3S. The van der Waals surface area contributed by atoms with Crippen LogP contribution in [0.3, 0.4) is 0 Å². The Morgan fingerprint density at radius 3 is 2.67 bits per heavy atom. The van der Waals surface area contributed by atoms with E-state index < -0.39 is 0 Å². The number of esters is 1. The van der Waals surface area contributed by atoms with Crippen molar-refractivity contribution in [2.45, 2.75) is 50.6 Å². The minimum absolute atomic E-state index is 0.0901. The number of rotatable bonds is 6. The molecule has 8 heteroatoms. The summed E-state index contributed by atoms with van der Waals surface area (Å²) in [5, 5.41) is 4.94. The van der Waals surface area contributed by atoms with Crippen molar-refractivity contribution in [3.63, 3.8) is 0 Å². The average molecular weight is 427 g/mol. The van der Waals surface area contributed by atoms with E-state index >= 15 is 0 Å². The van der Waals surface area contributed by atoms with E-state index in [1.54, 1.807) is 23.1 Å². The second-order valence-electron chi connectivity index (χ2n) is 7.60. The lowest BCUT2D eigenvalue weighted by molar-refractivity contribution is -0.139. The molecule has 7 nitrogen and oxygen atoms in total.